The van der Waals surface area contributed by atoms with E-state index in [1.54, 1.807) is 6.92 Å². The minimum atomic E-state index is -0.493. The van der Waals surface area contributed by atoms with Crippen LogP contribution in [0.5, 0.6) is 0 Å². The first kappa shape index (κ1) is 21.6. The second-order valence-electron chi connectivity index (χ2n) is 10.7. The third kappa shape index (κ3) is 3.36. The molecule has 1 heterocycles. The molecule has 3 saturated carbocycles. The van der Waals surface area contributed by atoms with Gasteiger partial charge in [-0.05, 0) is 49.9 Å². The fourth-order valence-corrected chi connectivity index (χ4v) is 7.71. The highest BCUT2D eigenvalue weighted by atomic mass is 16.7. The lowest BCUT2D eigenvalue weighted by molar-refractivity contribution is -0.252. The predicted molar refractivity (Wildman–Crippen MR) is 110 cm³/mol. The molecule has 5 heteroatoms. The molecule has 0 aromatic carbocycles. The van der Waals surface area contributed by atoms with Gasteiger partial charge in [0.1, 0.15) is 6.10 Å². The largest absolute Gasteiger partial charge is 0.462 e. The van der Waals surface area contributed by atoms with Gasteiger partial charge >= 0.3 is 5.97 Å². The Morgan fingerprint density at radius 2 is 1.76 bits per heavy atom. The van der Waals surface area contributed by atoms with Gasteiger partial charge in [-0.3, -0.25) is 4.79 Å². The Morgan fingerprint density at radius 3 is 2.41 bits per heavy atom. The highest BCUT2D eigenvalue weighted by Crippen LogP contribution is 2.65. The molecule has 0 radical (unpaired) electrons. The van der Waals surface area contributed by atoms with Crippen molar-refractivity contribution in [1.82, 2.24) is 0 Å². The second-order valence-corrected chi connectivity index (χ2v) is 10.7. The summed E-state index contributed by atoms with van der Waals surface area (Å²) in [7, 11) is 0. The topological polar surface area (TPSA) is 65.0 Å². The first-order chi connectivity index (χ1) is 13.8. The van der Waals surface area contributed by atoms with Gasteiger partial charge in [-0.1, -0.05) is 33.6 Å². The average molecular weight is 409 g/mol. The molecule has 1 aliphatic heterocycles. The predicted octanol–water partition coefficient (Wildman–Crippen LogP) is 4.45. The number of aliphatic hydroxyl groups excluding tert-OH is 1. The monoisotopic (exact) mass is 408 g/mol. The second kappa shape index (κ2) is 7.80. The van der Waals surface area contributed by atoms with Crippen LogP contribution in [-0.2, 0) is 19.0 Å². The quantitative estimate of drug-likeness (QED) is 0.696. The molecule has 5 nitrogen and oxygen atoms in total. The summed E-state index contributed by atoms with van der Waals surface area (Å²) in [6, 6.07) is 0. The number of esters is 1. The van der Waals surface area contributed by atoms with Crippen LogP contribution in [0.25, 0.3) is 0 Å². The van der Waals surface area contributed by atoms with Crippen molar-refractivity contribution >= 4 is 5.97 Å². The maximum absolute atomic E-state index is 12.2. The van der Waals surface area contributed by atoms with Crippen LogP contribution in [-0.4, -0.2) is 42.3 Å². The van der Waals surface area contributed by atoms with Crippen molar-refractivity contribution in [2.24, 2.45) is 28.6 Å². The number of ether oxygens (including phenoxy) is 3. The summed E-state index contributed by atoms with van der Waals surface area (Å²) < 4.78 is 18.6. The van der Waals surface area contributed by atoms with Crippen LogP contribution in [0.3, 0.4) is 0 Å². The van der Waals surface area contributed by atoms with Gasteiger partial charge in [-0.15, -0.1) is 0 Å². The van der Waals surface area contributed by atoms with Crippen LogP contribution in [0, 0.1) is 28.6 Å². The van der Waals surface area contributed by atoms with Gasteiger partial charge in [-0.2, -0.15) is 0 Å². The average Bonchev–Trinajstić information content (AvgIpc) is 3.25. The van der Waals surface area contributed by atoms with Crippen LogP contribution < -0.4 is 0 Å². The van der Waals surface area contributed by atoms with Crippen LogP contribution >= 0.6 is 0 Å². The van der Waals surface area contributed by atoms with Crippen molar-refractivity contribution in [3.05, 3.63) is 0 Å². The van der Waals surface area contributed by atoms with Crippen molar-refractivity contribution in [2.75, 3.05) is 13.2 Å². The Bertz CT molecular complexity index is 614. The molecule has 4 fully saturated rings. The van der Waals surface area contributed by atoms with E-state index < -0.39 is 5.79 Å². The van der Waals surface area contributed by atoms with Gasteiger partial charge in [0.05, 0.1) is 19.3 Å². The summed E-state index contributed by atoms with van der Waals surface area (Å²) in [4.78, 5) is 12.2. The third-order valence-electron chi connectivity index (χ3n) is 9.29. The normalized spacial score (nSPS) is 46.6. The molecule has 4 rings (SSSR count). The van der Waals surface area contributed by atoms with E-state index >= 15 is 0 Å². The lowest BCUT2D eigenvalue weighted by Gasteiger charge is -2.57. The summed E-state index contributed by atoms with van der Waals surface area (Å²) in [5.74, 6) is 0.426. The number of fused-ring (bicyclic) bond motifs is 2. The fraction of sp³-hybridized carbons (Fsp3) is 0.958. The van der Waals surface area contributed by atoms with Gasteiger partial charge in [0, 0.05) is 30.6 Å². The molecule has 0 bridgehead atoms. The maximum atomic E-state index is 12.2. The van der Waals surface area contributed by atoms with E-state index in [9.17, 15) is 9.90 Å². The molecule has 0 unspecified atom stereocenters. The van der Waals surface area contributed by atoms with E-state index in [0.29, 0.717) is 25.0 Å². The minimum absolute atomic E-state index is 0.0852. The molecule has 1 N–H and O–H groups in total. The lowest BCUT2D eigenvalue weighted by atomic mass is 9.51. The molecular formula is C24H40O5. The van der Waals surface area contributed by atoms with Crippen molar-refractivity contribution < 1.29 is 24.1 Å². The van der Waals surface area contributed by atoms with E-state index in [1.807, 2.05) is 0 Å². The van der Waals surface area contributed by atoms with Gasteiger partial charge in [-0.25, -0.2) is 0 Å². The Kier molecular flexibility index (Phi) is 5.80. The van der Waals surface area contributed by atoms with E-state index in [4.69, 9.17) is 14.2 Å². The number of carbonyl (C=O) groups is 1. The van der Waals surface area contributed by atoms with Crippen molar-refractivity contribution in [3.63, 3.8) is 0 Å². The molecule has 166 valence electrons. The summed E-state index contributed by atoms with van der Waals surface area (Å²) in [5, 5.41) is 10.4. The van der Waals surface area contributed by atoms with E-state index in [0.717, 1.165) is 57.8 Å². The zero-order chi connectivity index (χ0) is 20.9. The van der Waals surface area contributed by atoms with Crippen molar-refractivity contribution in [3.8, 4) is 0 Å². The molecular weight excluding hydrogens is 368 g/mol. The Morgan fingerprint density at radius 1 is 1.07 bits per heavy atom. The van der Waals surface area contributed by atoms with Crippen LogP contribution in [0.15, 0.2) is 0 Å². The van der Waals surface area contributed by atoms with Gasteiger partial charge in [0.2, 0.25) is 0 Å². The molecule has 7 atom stereocenters. The Labute approximate surface area is 175 Å². The van der Waals surface area contributed by atoms with Crippen LogP contribution in [0.1, 0.15) is 85.5 Å². The molecule has 3 aliphatic carbocycles. The SMILES string of the molecule is CCC[C@H]1C[C@@H](O)CC[C@]1(C)[C@H]1CC[C@@]2(C)[C@@H](CCC23OCCO3)[C@@H]1OC(C)=O. The smallest absolute Gasteiger partial charge is 0.302 e. The fourth-order valence-electron chi connectivity index (χ4n) is 7.71. The maximum Gasteiger partial charge on any atom is 0.302 e. The highest BCUT2D eigenvalue weighted by Gasteiger charge is 2.67. The summed E-state index contributed by atoms with van der Waals surface area (Å²) in [6.45, 7) is 9.83. The molecule has 29 heavy (non-hydrogen) atoms. The van der Waals surface area contributed by atoms with Crippen LogP contribution in [0.4, 0.5) is 0 Å². The Hall–Kier alpha value is -0.650. The molecule has 0 aromatic rings. The summed E-state index contributed by atoms with van der Waals surface area (Å²) >= 11 is 0. The van der Waals surface area contributed by atoms with Gasteiger partial charge in [0.25, 0.3) is 0 Å². The first-order valence-electron chi connectivity index (χ1n) is 11.9. The molecule has 1 saturated heterocycles. The van der Waals surface area contributed by atoms with Gasteiger partial charge < -0.3 is 19.3 Å². The molecule has 4 aliphatic rings. The summed E-state index contributed by atoms with van der Waals surface area (Å²) in [5.41, 5.74) is -0.00522. The number of hydrogen-bond donors (Lipinski definition) is 1. The minimum Gasteiger partial charge on any atom is -0.462 e. The molecule has 0 aromatic heterocycles. The number of rotatable bonds is 4. The summed E-state index contributed by atoms with van der Waals surface area (Å²) in [6.07, 6.45) is 8.72. The first-order valence-corrected chi connectivity index (χ1v) is 11.9. The highest BCUT2D eigenvalue weighted by molar-refractivity contribution is 5.66. The zero-order valence-corrected chi connectivity index (χ0v) is 18.7. The molecule has 1 spiro atoms. The van der Waals surface area contributed by atoms with E-state index in [1.165, 1.54) is 0 Å². The zero-order valence-electron chi connectivity index (χ0n) is 18.7. The standard InChI is InChI=1S/C24H40O5/c1-5-6-17-15-18(26)7-10-22(17,3)19-8-11-23(4)20(21(19)29-16(2)25)9-12-24(23)27-13-14-28-24/h17-21,26H,5-15H2,1-4H3/t17-,18-,19-,20-,21+,22-,23-/m0/s1. The lowest BCUT2D eigenvalue weighted by Crippen LogP contribution is -2.58. The number of aliphatic hydroxyl groups is 1. The van der Waals surface area contributed by atoms with E-state index in [-0.39, 0.29) is 34.9 Å². The van der Waals surface area contributed by atoms with Crippen molar-refractivity contribution in [2.45, 2.75) is 103 Å². The Balaban J connectivity index is 1.66. The third-order valence-corrected chi connectivity index (χ3v) is 9.29. The number of carbonyl (C=O) groups excluding carboxylic acids is 1. The van der Waals surface area contributed by atoms with Crippen molar-refractivity contribution in [1.29, 1.82) is 0 Å². The number of hydrogen-bond acceptors (Lipinski definition) is 5. The van der Waals surface area contributed by atoms with Gasteiger partial charge in [0.15, 0.2) is 5.79 Å². The van der Waals surface area contributed by atoms with Crippen LogP contribution in [0.2, 0.25) is 0 Å². The van der Waals surface area contributed by atoms with E-state index in [2.05, 4.69) is 20.8 Å². The molecule has 0 amide bonds.